The highest BCUT2D eigenvalue weighted by Crippen LogP contribution is 2.35. The Balaban J connectivity index is 1.66. The van der Waals surface area contributed by atoms with Crippen molar-refractivity contribution in [3.63, 3.8) is 0 Å². The molecule has 1 aliphatic heterocycles. The molecule has 0 saturated carbocycles. The summed E-state index contributed by atoms with van der Waals surface area (Å²) in [5.74, 6) is -4.49. The van der Waals surface area contributed by atoms with Crippen molar-refractivity contribution in [2.75, 3.05) is 13.1 Å². The molecule has 19 heteroatoms. The van der Waals surface area contributed by atoms with Gasteiger partial charge >= 0.3 is 29.7 Å². The number of alkyl carbamates (subject to hydrolysis) is 1. The topological polar surface area (TPSA) is 274 Å². The average Bonchev–Trinajstić information content (AvgIpc) is 3.39. The molecule has 3 rings (SSSR count). The predicted molar refractivity (Wildman–Crippen MR) is 174 cm³/mol. The molecular weight excluding hydrogens is 678 g/mol. The molecule has 0 bridgehead atoms. The number of carbonyl (C=O) groups is 5. The van der Waals surface area contributed by atoms with E-state index in [-0.39, 0.29) is 26.1 Å². The number of rotatable bonds is 17. The van der Waals surface area contributed by atoms with Gasteiger partial charge in [-0.3, -0.25) is 33.5 Å². The highest BCUT2D eigenvalue weighted by molar-refractivity contribution is 5.86. The van der Waals surface area contributed by atoms with Gasteiger partial charge in [-0.05, 0) is 24.4 Å². The Bertz CT molecular complexity index is 1630. The summed E-state index contributed by atoms with van der Waals surface area (Å²) in [6.07, 6.45) is -9.41. The lowest BCUT2D eigenvalue weighted by molar-refractivity contribution is -0.167. The maximum Gasteiger partial charge on any atom is 0.408 e. The molecule has 2 unspecified atom stereocenters. The first-order valence-electron chi connectivity index (χ1n) is 16.0. The first-order chi connectivity index (χ1) is 24.1. The zero-order chi connectivity index (χ0) is 37.8. The van der Waals surface area contributed by atoms with Crippen molar-refractivity contribution in [2.24, 2.45) is 5.92 Å². The zero-order valence-electron chi connectivity index (χ0n) is 28.3. The Labute approximate surface area is 291 Å². The van der Waals surface area contributed by atoms with Gasteiger partial charge in [0.05, 0.1) is 6.10 Å². The van der Waals surface area contributed by atoms with E-state index in [0.29, 0.717) is 5.56 Å². The number of esters is 2. The number of carboxylic acid groups (broad SMARTS) is 1. The van der Waals surface area contributed by atoms with Crippen LogP contribution in [0.1, 0.15) is 45.9 Å². The van der Waals surface area contributed by atoms with Crippen molar-refractivity contribution in [3.05, 3.63) is 69.0 Å². The van der Waals surface area contributed by atoms with Crippen LogP contribution >= 0.6 is 0 Å². The zero-order valence-corrected chi connectivity index (χ0v) is 28.3. The van der Waals surface area contributed by atoms with Crippen molar-refractivity contribution in [2.45, 2.75) is 89.6 Å². The van der Waals surface area contributed by atoms with Gasteiger partial charge in [0.25, 0.3) is 5.56 Å². The van der Waals surface area contributed by atoms with Crippen LogP contribution in [0.3, 0.4) is 0 Å². The van der Waals surface area contributed by atoms with Crippen LogP contribution in [0, 0.1) is 5.92 Å². The Morgan fingerprint density at radius 1 is 0.941 bits per heavy atom. The molecule has 1 fully saturated rings. The van der Waals surface area contributed by atoms with Crippen LogP contribution in [0.2, 0.25) is 0 Å². The number of aromatic nitrogens is 2. The predicted octanol–water partition coefficient (Wildman–Crippen LogP) is -1.48. The number of nitrogens with zero attached hydrogens (tertiary/aromatic N) is 1. The summed E-state index contributed by atoms with van der Waals surface area (Å²) in [4.78, 5) is 87.8. The van der Waals surface area contributed by atoms with E-state index in [1.807, 2.05) is 4.98 Å². The first-order valence-corrected chi connectivity index (χ1v) is 16.0. The minimum absolute atomic E-state index is 0.0575. The molecule has 0 spiro atoms. The van der Waals surface area contributed by atoms with Gasteiger partial charge in [0.2, 0.25) is 5.91 Å². The average molecular weight is 722 g/mol. The number of ether oxygens (including phenoxy) is 4. The molecular formula is C32H43N5O14. The highest BCUT2D eigenvalue weighted by Gasteiger charge is 2.55. The van der Waals surface area contributed by atoms with Crippen molar-refractivity contribution in [1.82, 2.24) is 25.5 Å². The number of aliphatic hydroxyl groups is 2. The minimum Gasteiger partial charge on any atom is -0.480 e. The molecule has 0 radical (unpaired) electrons. The number of amides is 2. The van der Waals surface area contributed by atoms with E-state index < -0.39 is 95.9 Å². The Morgan fingerprint density at radius 3 is 2.18 bits per heavy atom. The van der Waals surface area contributed by atoms with Crippen LogP contribution in [0.15, 0.2) is 52.2 Å². The first kappa shape index (κ1) is 40.3. The van der Waals surface area contributed by atoms with Gasteiger partial charge in [-0.15, -0.1) is 0 Å². The minimum atomic E-state index is -1.97. The van der Waals surface area contributed by atoms with E-state index in [2.05, 4.69) is 16.0 Å². The van der Waals surface area contributed by atoms with Crippen molar-refractivity contribution in [3.8, 4) is 0 Å². The summed E-state index contributed by atoms with van der Waals surface area (Å²) >= 11 is 0. The van der Waals surface area contributed by atoms with Gasteiger partial charge in [-0.2, -0.15) is 0 Å². The van der Waals surface area contributed by atoms with Crippen LogP contribution in [-0.2, 0) is 44.7 Å². The maximum atomic E-state index is 13.0. The third-order valence-electron chi connectivity index (χ3n) is 7.71. The number of aromatic amines is 1. The number of hydrogen-bond acceptors (Lipinski definition) is 14. The fraction of sp³-hybridized carbons (Fsp3) is 0.531. The summed E-state index contributed by atoms with van der Waals surface area (Å²) in [5.41, 5.74) is -1.02. The summed E-state index contributed by atoms with van der Waals surface area (Å²) in [6, 6.07) is 6.65. The highest BCUT2D eigenvalue weighted by atomic mass is 16.6. The van der Waals surface area contributed by atoms with Gasteiger partial charge < -0.3 is 50.2 Å². The lowest BCUT2D eigenvalue weighted by atomic mass is 9.98. The molecule has 2 heterocycles. The lowest BCUT2D eigenvalue weighted by Gasteiger charge is -2.29. The molecule has 1 saturated heterocycles. The number of hydrogen-bond donors (Lipinski definition) is 7. The van der Waals surface area contributed by atoms with Crippen molar-refractivity contribution in [1.29, 1.82) is 0 Å². The third kappa shape index (κ3) is 11.5. The molecule has 19 nitrogen and oxygen atoms in total. The van der Waals surface area contributed by atoms with Crippen LogP contribution in [-0.4, -0.2) is 110 Å². The molecule has 0 aliphatic carbocycles. The molecule has 51 heavy (non-hydrogen) atoms. The standard InChI is InChI=1S/C32H43N5O14/c1-16(2)23(41)21(36-32(47)48-15-19-9-6-5-7-10-19)28(43)34-13-8-12-33-22(30(44)45)24(42)25-26(49-17(3)38)27(50-18(4)39)29(51-25)37-14-11-20(40)35-31(37)46/h5-7,9-11,14,16,21-27,29,33,41-42H,8,12-13,15H2,1-4H3,(H,34,43)(H,36,47)(H,44,45)(H,35,40,46)/t21-,22?,23-,24?,25+,26+,27+,29+/m0/s1. The Hall–Kier alpha value is -5.11. The normalized spacial score (nSPS) is 20.8. The number of aliphatic carboxylic acids is 1. The quantitative estimate of drug-likeness (QED) is 0.0558. The van der Waals surface area contributed by atoms with Crippen LogP contribution in [0.4, 0.5) is 4.79 Å². The summed E-state index contributed by atoms with van der Waals surface area (Å²) in [6.45, 7) is 5.12. The fourth-order valence-corrected chi connectivity index (χ4v) is 5.23. The van der Waals surface area contributed by atoms with Gasteiger partial charge in [-0.1, -0.05) is 44.2 Å². The van der Waals surface area contributed by atoms with E-state index >= 15 is 0 Å². The Kier molecular flexibility index (Phi) is 14.8. The number of carbonyl (C=O) groups excluding carboxylic acids is 4. The van der Waals surface area contributed by atoms with Crippen LogP contribution < -0.4 is 27.2 Å². The van der Waals surface area contributed by atoms with E-state index in [4.69, 9.17) is 18.9 Å². The smallest absolute Gasteiger partial charge is 0.408 e. The molecule has 1 aromatic carbocycles. The van der Waals surface area contributed by atoms with E-state index in [1.165, 1.54) is 0 Å². The molecule has 1 aromatic heterocycles. The van der Waals surface area contributed by atoms with Crippen molar-refractivity contribution < 1.29 is 58.2 Å². The Morgan fingerprint density at radius 2 is 1.59 bits per heavy atom. The van der Waals surface area contributed by atoms with E-state index in [9.17, 15) is 48.9 Å². The molecule has 7 N–H and O–H groups in total. The van der Waals surface area contributed by atoms with Gasteiger partial charge in [-0.25, -0.2) is 9.59 Å². The van der Waals surface area contributed by atoms with E-state index in [1.54, 1.807) is 44.2 Å². The van der Waals surface area contributed by atoms with Gasteiger partial charge in [0.15, 0.2) is 18.4 Å². The van der Waals surface area contributed by atoms with Crippen molar-refractivity contribution >= 4 is 29.9 Å². The molecule has 2 amide bonds. The SMILES string of the molecule is CC(=O)O[C@@H]1[C@H](OC(C)=O)[C@@H](C(O)C(NCCCNC(=O)[C@@H](NC(=O)OCc2ccccc2)[C@@H](O)C(C)C)C(=O)O)O[C@H]1n1ccc(=O)[nH]c1=O. The largest absolute Gasteiger partial charge is 0.480 e. The van der Waals surface area contributed by atoms with Crippen LogP contribution in [0.5, 0.6) is 0 Å². The van der Waals surface area contributed by atoms with Crippen LogP contribution in [0.25, 0.3) is 0 Å². The second kappa shape index (κ2) is 18.8. The summed E-state index contributed by atoms with van der Waals surface area (Å²) < 4.78 is 22.3. The maximum absolute atomic E-state index is 13.0. The molecule has 1 aliphatic rings. The number of aliphatic hydroxyl groups excluding tert-OH is 2. The summed E-state index contributed by atoms with van der Waals surface area (Å²) in [5, 5.41) is 39.4. The van der Waals surface area contributed by atoms with Gasteiger partial charge in [0.1, 0.15) is 30.9 Å². The third-order valence-corrected chi connectivity index (χ3v) is 7.71. The molecule has 280 valence electrons. The number of benzene rings is 1. The fourth-order valence-electron chi connectivity index (χ4n) is 5.23. The second-order valence-corrected chi connectivity index (χ2v) is 12.0. The lowest BCUT2D eigenvalue weighted by Crippen LogP contribution is -2.56. The summed E-state index contributed by atoms with van der Waals surface area (Å²) in [7, 11) is 0. The molecule has 8 atom stereocenters. The number of nitrogens with one attached hydrogen (secondary N) is 4. The van der Waals surface area contributed by atoms with Gasteiger partial charge in [0, 0.05) is 32.7 Å². The number of carboxylic acids is 1. The number of H-pyrrole nitrogens is 1. The monoisotopic (exact) mass is 721 g/mol. The second-order valence-electron chi connectivity index (χ2n) is 12.0. The molecule has 2 aromatic rings. The van der Waals surface area contributed by atoms with E-state index in [0.717, 1.165) is 30.7 Å².